The van der Waals surface area contributed by atoms with E-state index in [1.165, 1.54) is 0 Å². The van der Waals surface area contributed by atoms with Crippen molar-refractivity contribution in [1.82, 2.24) is 14.6 Å². The molecule has 4 nitrogen and oxygen atoms in total. The maximum absolute atomic E-state index is 6.06. The molecule has 72 valence electrons. The average molecular weight is 209 g/mol. The van der Waals surface area contributed by atoms with E-state index in [1.807, 2.05) is 16.7 Å². The summed E-state index contributed by atoms with van der Waals surface area (Å²) in [6, 6.07) is 3.67. The van der Waals surface area contributed by atoms with Gasteiger partial charge in [0.15, 0.2) is 11.5 Å². The van der Waals surface area contributed by atoms with Gasteiger partial charge in [-0.2, -0.15) is 0 Å². The van der Waals surface area contributed by atoms with Crippen molar-refractivity contribution in [3.63, 3.8) is 0 Å². The summed E-state index contributed by atoms with van der Waals surface area (Å²) in [5.41, 5.74) is 6.47. The fraction of sp³-hybridized carbons (Fsp3) is 0.333. The number of aromatic nitrogens is 3. The maximum Gasteiger partial charge on any atom is 0.179 e. The molecule has 0 amide bonds. The number of fused-ring (bicyclic) bond motifs is 1. The Balaban J connectivity index is 2.32. The van der Waals surface area contributed by atoms with Crippen molar-refractivity contribution < 1.29 is 0 Å². The highest BCUT2D eigenvalue weighted by Gasteiger charge is 2.44. The monoisotopic (exact) mass is 208 g/mol. The van der Waals surface area contributed by atoms with E-state index in [2.05, 4.69) is 10.2 Å². The van der Waals surface area contributed by atoms with Gasteiger partial charge in [0.1, 0.15) is 0 Å². The molecular formula is C9H9ClN4. The van der Waals surface area contributed by atoms with Crippen LogP contribution in [0.25, 0.3) is 5.65 Å². The first-order chi connectivity index (χ1) is 6.71. The lowest BCUT2D eigenvalue weighted by molar-refractivity contribution is 0.661. The van der Waals surface area contributed by atoms with Crippen molar-refractivity contribution in [2.24, 2.45) is 5.73 Å². The second kappa shape index (κ2) is 2.46. The lowest BCUT2D eigenvalue weighted by Crippen LogP contribution is -2.22. The van der Waals surface area contributed by atoms with Crippen molar-refractivity contribution in [2.45, 2.75) is 18.4 Å². The fourth-order valence-corrected chi connectivity index (χ4v) is 1.78. The van der Waals surface area contributed by atoms with Crippen LogP contribution in [-0.4, -0.2) is 14.6 Å². The molecule has 0 atom stereocenters. The number of hydrogen-bond acceptors (Lipinski definition) is 3. The molecule has 0 saturated heterocycles. The van der Waals surface area contributed by atoms with Crippen molar-refractivity contribution in [3.05, 3.63) is 29.2 Å². The molecule has 0 spiro atoms. The Morgan fingerprint density at radius 1 is 1.43 bits per heavy atom. The number of pyridine rings is 1. The van der Waals surface area contributed by atoms with Crippen LogP contribution in [0, 0.1) is 0 Å². The molecule has 0 radical (unpaired) electrons. The molecule has 1 fully saturated rings. The van der Waals surface area contributed by atoms with Gasteiger partial charge >= 0.3 is 0 Å². The van der Waals surface area contributed by atoms with E-state index in [1.54, 1.807) is 6.07 Å². The van der Waals surface area contributed by atoms with Crippen LogP contribution in [-0.2, 0) is 5.54 Å². The fourth-order valence-electron chi connectivity index (χ4n) is 1.58. The zero-order chi connectivity index (χ0) is 9.76. The van der Waals surface area contributed by atoms with E-state index in [-0.39, 0.29) is 5.54 Å². The van der Waals surface area contributed by atoms with Crippen molar-refractivity contribution in [1.29, 1.82) is 0 Å². The van der Waals surface area contributed by atoms with E-state index in [0.717, 1.165) is 18.7 Å². The Morgan fingerprint density at radius 3 is 2.93 bits per heavy atom. The summed E-state index contributed by atoms with van der Waals surface area (Å²) >= 11 is 5.98. The highest BCUT2D eigenvalue weighted by molar-refractivity contribution is 6.33. The highest BCUT2D eigenvalue weighted by atomic mass is 35.5. The van der Waals surface area contributed by atoms with Gasteiger partial charge in [0.2, 0.25) is 0 Å². The molecule has 2 N–H and O–H groups in total. The summed E-state index contributed by atoms with van der Waals surface area (Å²) in [6.45, 7) is 0. The first kappa shape index (κ1) is 8.20. The molecule has 2 aromatic rings. The van der Waals surface area contributed by atoms with Gasteiger partial charge in [0.05, 0.1) is 10.6 Å². The van der Waals surface area contributed by atoms with Gasteiger partial charge in [0, 0.05) is 6.20 Å². The maximum atomic E-state index is 6.06. The van der Waals surface area contributed by atoms with Gasteiger partial charge in [-0.1, -0.05) is 11.6 Å². The second-order valence-electron chi connectivity index (χ2n) is 3.73. The molecule has 5 heteroatoms. The van der Waals surface area contributed by atoms with E-state index in [9.17, 15) is 0 Å². The molecule has 3 rings (SSSR count). The van der Waals surface area contributed by atoms with Crippen LogP contribution in [0.3, 0.4) is 0 Å². The van der Waals surface area contributed by atoms with E-state index in [4.69, 9.17) is 17.3 Å². The van der Waals surface area contributed by atoms with Crippen LogP contribution < -0.4 is 5.73 Å². The van der Waals surface area contributed by atoms with Crippen LogP contribution in [0.5, 0.6) is 0 Å². The van der Waals surface area contributed by atoms with Crippen LogP contribution in [0.15, 0.2) is 18.3 Å². The smallest absolute Gasteiger partial charge is 0.179 e. The first-order valence-electron chi connectivity index (χ1n) is 4.49. The Kier molecular flexibility index (Phi) is 1.44. The Labute approximate surface area is 85.7 Å². The highest BCUT2D eigenvalue weighted by Crippen LogP contribution is 2.41. The predicted molar refractivity (Wildman–Crippen MR) is 53.1 cm³/mol. The van der Waals surface area contributed by atoms with Gasteiger partial charge in [-0.05, 0) is 25.0 Å². The molecule has 0 aliphatic heterocycles. The average Bonchev–Trinajstić information content (AvgIpc) is 2.77. The standard InChI is InChI=1S/C9H9ClN4/c10-6-2-1-5-14-7(6)12-13-8(14)9(11)3-4-9/h1-2,5H,3-4,11H2. The van der Waals surface area contributed by atoms with E-state index >= 15 is 0 Å². The second-order valence-corrected chi connectivity index (χ2v) is 4.14. The van der Waals surface area contributed by atoms with Crippen LogP contribution in [0.4, 0.5) is 0 Å². The van der Waals surface area contributed by atoms with Gasteiger partial charge in [-0.3, -0.25) is 4.40 Å². The summed E-state index contributed by atoms with van der Waals surface area (Å²) in [6.07, 6.45) is 3.84. The van der Waals surface area contributed by atoms with Gasteiger partial charge in [-0.15, -0.1) is 10.2 Å². The minimum absolute atomic E-state index is 0.274. The van der Waals surface area contributed by atoms with Crippen molar-refractivity contribution >= 4 is 17.2 Å². The summed E-state index contributed by atoms with van der Waals surface area (Å²) in [5, 5.41) is 8.73. The predicted octanol–water partition coefficient (Wildman–Crippen LogP) is 1.33. The Morgan fingerprint density at radius 2 is 2.21 bits per heavy atom. The van der Waals surface area contributed by atoms with Gasteiger partial charge in [-0.25, -0.2) is 0 Å². The number of nitrogens with zero attached hydrogens (tertiary/aromatic N) is 3. The topological polar surface area (TPSA) is 56.2 Å². The van der Waals surface area contributed by atoms with Crippen molar-refractivity contribution in [2.75, 3.05) is 0 Å². The zero-order valence-electron chi connectivity index (χ0n) is 7.44. The Bertz CT molecular complexity index is 500. The van der Waals surface area contributed by atoms with Crippen LogP contribution in [0.1, 0.15) is 18.7 Å². The lowest BCUT2D eigenvalue weighted by atomic mass is 10.3. The molecule has 2 aromatic heterocycles. The minimum Gasteiger partial charge on any atom is -0.319 e. The molecule has 2 heterocycles. The largest absolute Gasteiger partial charge is 0.319 e. The van der Waals surface area contributed by atoms with E-state index < -0.39 is 0 Å². The molecule has 0 aromatic carbocycles. The molecule has 0 bridgehead atoms. The molecule has 0 unspecified atom stereocenters. The number of rotatable bonds is 1. The summed E-state index contributed by atoms with van der Waals surface area (Å²) < 4.78 is 1.87. The summed E-state index contributed by atoms with van der Waals surface area (Å²) in [5.74, 6) is 0.815. The summed E-state index contributed by atoms with van der Waals surface area (Å²) in [7, 11) is 0. The lowest BCUT2D eigenvalue weighted by Gasteiger charge is -2.05. The zero-order valence-corrected chi connectivity index (χ0v) is 8.20. The molecule has 1 aliphatic carbocycles. The van der Waals surface area contributed by atoms with Crippen LogP contribution >= 0.6 is 11.6 Å². The van der Waals surface area contributed by atoms with Gasteiger partial charge < -0.3 is 5.73 Å². The third kappa shape index (κ3) is 0.980. The normalized spacial score (nSPS) is 18.7. The van der Waals surface area contributed by atoms with E-state index in [0.29, 0.717) is 10.7 Å². The summed E-state index contributed by atoms with van der Waals surface area (Å²) in [4.78, 5) is 0. The third-order valence-corrected chi connectivity index (χ3v) is 2.92. The number of hydrogen-bond donors (Lipinski definition) is 1. The molecule has 14 heavy (non-hydrogen) atoms. The quantitative estimate of drug-likeness (QED) is 0.769. The SMILES string of the molecule is NC1(c2nnc3c(Cl)cccn23)CC1. The minimum atomic E-state index is -0.274. The van der Waals surface area contributed by atoms with Crippen LogP contribution in [0.2, 0.25) is 5.02 Å². The molecule has 1 aliphatic rings. The van der Waals surface area contributed by atoms with Crippen molar-refractivity contribution in [3.8, 4) is 0 Å². The first-order valence-corrected chi connectivity index (χ1v) is 4.87. The molecule has 1 saturated carbocycles. The Hall–Kier alpha value is -1.13. The van der Waals surface area contributed by atoms with Gasteiger partial charge in [0.25, 0.3) is 0 Å². The molecular weight excluding hydrogens is 200 g/mol. The third-order valence-electron chi connectivity index (χ3n) is 2.62. The number of nitrogens with two attached hydrogens (primary N) is 1. The number of halogens is 1.